The van der Waals surface area contributed by atoms with Crippen LogP contribution < -0.4 is 19.7 Å². The summed E-state index contributed by atoms with van der Waals surface area (Å²) in [5.74, 6) is 1.10. The second-order valence-corrected chi connectivity index (χ2v) is 7.23. The Morgan fingerprint density at radius 2 is 1.62 bits per heavy atom. The minimum absolute atomic E-state index is 0.0352. The molecule has 0 unspecified atom stereocenters. The summed E-state index contributed by atoms with van der Waals surface area (Å²) in [4.78, 5) is 9.70. The number of rotatable bonds is 8. The maximum absolute atomic E-state index is 13.6. The largest absolute Gasteiger partial charge is 0.494 e. The van der Waals surface area contributed by atoms with E-state index in [4.69, 9.17) is 9.47 Å². The van der Waals surface area contributed by atoms with Crippen molar-refractivity contribution in [3.8, 4) is 11.5 Å². The second-order valence-electron chi connectivity index (χ2n) is 7.23. The average Bonchev–Trinajstić information content (AvgIpc) is 2.74. The van der Waals surface area contributed by atoms with Gasteiger partial charge in [-0.2, -0.15) is 18.2 Å². The van der Waals surface area contributed by atoms with Gasteiger partial charge in [-0.3, -0.25) is 0 Å². The second kappa shape index (κ2) is 9.76. The predicted molar refractivity (Wildman–Crippen MR) is 118 cm³/mol. The number of aromatic nitrogens is 2. The summed E-state index contributed by atoms with van der Waals surface area (Å²) in [6, 6.07) is 13.8. The van der Waals surface area contributed by atoms with E-state index in [-0.39, 0.29) is 17.9 Å². The van der Waals surface area contributed by atoms with Crippen LogP contribution in [0.2, 0.25) is 0 Å². The van der Waals surface area contributed by atoms with Crippen LogP contribution in [0.25, 0.3) is 0 Å². The molecule has 0 aliphatic heterocycles. The molecular weight excluding hydrogens is 421 g/mol. The van der Waals surface area contributed by atoms with Gasteiger partial charge in [-0.05, 0) is 69.3 Å². The van der Waals surface area contributed by atoms with Gasteiger partial charge in [-0.1, -0.05) is 0 Å². The third-order valence-corrected chi connectivity index (χ3v) is 4.41. The van der Waals surface area contributed by atoms with Crippen LogP contribution in [0.5, 0.6) is 11.5 Å². The van der Waals surface area contributed by atoms with Crippen LogP contribution in [0, 0.1) is 0 Å². The van der Waals surface area contributed by atoms with Crippen LogP contribution in [0.4, 0.5) is 36.3 Å². The van der Waals surface area contributed by atoms with Crippen molar-refractivity contribution in [1.82, 2.24) is 9.97 Å². The average molecular weight is 446 g/mol. The maximum atomic E-state index is 13.6. The molecule has 2 aromatic carbocycles. The molecule has 1 aromatic heterocycles. The predicted octanol–water partition coefficient (Wildman–Crippen LogP) is 6.19. The summed E-state index contributed by atoms with van der Waals surface area (Å²) in [5.41, 5.74) is 0.193. The van der Waals surface area contributed by atoms with Gasteiger partial charge in [0.25, 0.3) is 0 Å². The molecule has 0 aliphatic rings. The molecule has 0 spiro atoms. The highest BCUT2D eigenvalue weighted by Gasteiger charge is 2.35. The first kappa shape index (κ1) is 23.2. The quantitative estimate of drug-likeness (QED) is 0.445. The van der Waals surface area contributed by atoms with Crippen molar-refractivity contribution in [2.24, 2.45) is 0 Å². The van der Waals surface area contributed by atoms with E-state index in [1.165, 1.54) is 0 Å². The molecule has 0 amide bonds. The van der Waals surface area contributed by atoms with E-state index in [1.807, 2.05) is 20.8 Å². The Bertz CT molecular complexity index is 1020. The van der Waals surface area contributed by atoms with Gasteiger partial charge in [-0.15, -0.1) is 0 Å². The number of anilines is 4. The normalized spacial score (nSPS) is 11.4. The zero-order valence-corrected chi connectivity index (χ0v) is 18.3. The number of alkyl halides is 3. The van der Waals surface area contributed by atoms with Crippen molar-refractivity contribution in [3.05, 3.63) is 60.3 Å². The molecule has 0 bridgehead atoms. The Balaban J connectivity index is 1.89. The third-order valence-electron chi connectivity index (χ3n) is 4.41. The lowest BCUT2D eigenvalue weighted by atomic mass is 10.2. The maximum Gasteiger partial charge on any atom is 0.421 e. The monoisotopic (exact) mass is 446 g/mol. The molecule has 6 nitrogen and oxygen atoms in total. The number of hydrogen-bond acceptors (Lipinski definition) is 6. The first-order chi connectivity index (χ1) is 15.2. The summed E-state index contributed by atoms with van der Waals surface area (Å²) >= 11 is 0. The Labute approximate surface area is 185 Å². The first-order valence-electron chi connectivity index (χ1n) is 10.1. The summed E-state index contributed by atoms with van der Waals surface area (Å²) in [6.45, 7) is 6.20. The van der Waals surface area contributed by atoms with Crippen LogP contribution >= 0.6 is 0 Å². The van der Waals surface area contributed by atoms with E-state index >= 15 is 0 Å². The fraction of sp³-hybridized carbons (Fsp3) is 0.304. The van der Waals surface area contributed by atoms with Gasteiger partial charge in [0, 0.05) is 24.6 Å². The molecule has 32 heavy (non-hydrogen) atoms. The Morgan fingerprint density at radius 1 is 1.00 bits per heavy atom. The molecule has 0 radical (unpaired) electrons. The molecule has 0 saturated heterocycles. The van der Waals surface area contributed by atoms with Crippen molar-refractivity contribution in [3.63, 3.8) is 0 Å². The molecule has 1 N–H and O–H groups in total. The van der Waals surface area contributed by atoms with Crippen molar-refractivity contribution >= 4 is 23.1 Å². The fourth-order valence-electron chi connectivity index (χ4n) is 2.91. The third kappa shape index (κ3) is 5.81. The van der Waals surface area contributed by atoms with E-state index < -0.39 is 11.7 Å². The highest BCUT2D eigenvalue weighted by molar-refractivity contribution is 5.64. The standard InChI is InChI=1S/C23H25F3N4O2/c1-5-31-18-10-6-16(7-11-18)28-21-20(23(24,25)26)14-27-22(29-21)30(4)17-8-12-19(13-9-17)32-15(2)3/h6-15H,5H2,1-4H3,(H,27,28,29). The van der Waals surface area contributed by atoms with Crippen molar-refractivity contribution in [1.29, 1.82) is 0 Å². The van der Waals surface area contributed by atoms with Gasteiger partial charge in [-0.25, -0.2) is 4.98 Å². The Hall–Kier alpha value is -3.49. The smallest absolute Gasteiger partial charge is 0.421 e. The van der Waals surface area contributed by atoms with Gasteiger partial charge >= 0.3 is 6.18 Å². The molecule has 0 saturated carbocycles. The molecule has 170 valence electrons. The number of nitrogens with one attached hydrogen (secondary N) is 1. The lowest BCUT2D eigenvalue weighted by molar-refractivity contribution is -0.137. The SMILES string of the molecule is CCOc1ccc(Nc2nc(N(C)c3ccc(OC(C)C)cc3)ncc2C(F)(F)F)cc1. The number of nitrogens with zero attached hydrogens (tertiary/aromatic N) is 3. The van der Waals surface area contributed by atoms with E-state index in [9.17, 15) is 13.2 Å². The van der Waals surface area contributed by atoms with E-state index in [0.717, 1.165) is 6.20 Å². The highest BCUT2D eigenvalue weighted by Crippen LogP contribution is 2.36. The van der Waals surface area contributed by atoms with Gasteiger partial charge in [0.05, 0.1) is 12.7 Å². The minimum atomic E-state index is -4.61. The number of benzene rings is 2. The number of ether oxygens (including phenoxy) is 2. The number of halogens is 3. The summed E-state index contributed by atoms with van der Waals surface area (Å²) < 4.78 is 51.6. The molecule has 0 atom stereocenters. The topological polar surface area (TPSA) is 59.5 Å². The van der Waals surface area contributed by atoms with Crippen LogP contribution in [0.15, 0.2) is 54.7 Å². The molecule has 3 rings (SSSR count). The molecule has 9 heteroatoms. The zero-order chi connectivity index (χ0) is 23.3. The van der Waals surface area contributed by atoms with Gasteiger partial charge in [0.1, 0.15) is 22.9 Å². The van der Waals surface area contributed by atoms with Crippen molar-refractivity contribution in [2.75, 3.05) is 23.9 Å². The molecule has 0 fully saturated rings. The van der Waals surface area contributed by atoms with Crippen molar-refractivity contribution in [2.45, 2.75) is 33.1 Å². The van der Waals surface area contributed by atoms with Crippen LogP contribution in [-0.2, 0) is 6.18 Å². The van der Waals surface area contributed by atoms with Gasteiger partial charge < -0.3 is 19.7 Å². The van der Waals surface area contributed by atoms with Crippen molar-refractivity contribution < 1.29 is 22.6 Å². The van der Waals surface area contributed by atoms with E-state index in [2.05, 4.69) is 15.3 Å². The molecular formula is C23H25F3N4O2. The Morgan fingerprint density at radius 3 is 2.19 bits per heavy atom. The number of hydrogen-bond donors (Lipinski definition) is 1. The van der Waals surface area contributed by atoms with Crippen LogP contribution in [0.1, 0.15) is 26.3 Å². The summed E-state index contributed by atoms with van der Waals surface area (Å²) in [6.07, 6.45) is -3.79. The first-order valence-corrected chi connectivity index (χ1v) is 10.1. The minimum Gasteiger partial charge on any atom is -0.494 e. The van der Waals surface area contributed by atoms with Gasteiger partial charge in [0.2, 0.25) is 5.95 Å². The van der Waals surface area contributed by atoms with Gasteiger partial charge in [0.15, 0.2) is 0 Å². The van der Waals surface area contributed by atoms with Crippen LogP contribution in [0.3, 0.4) is 0 Å². The molecule has 1 heterocycles. The lowest BCUT2D eigenvalue weighted by Crippen LogP contribution is -2.17. The summed E-state index contributed by atoms with van der Waals surface area (Å²) in [5, 5.41) is 2.75. The lowest BCUT2D eigenvalue weighted by Gasteiger charge is -2.20. The van der Waals surface area contributed by atoms with Crippen LogP contribution in [-0.4, -0.2) is 29.7 Å². The van der Waals surface area contributed by atoms with E-state index in [0.29, 0.717) is 29.5 Å². The zero-order valence-electron chi connectivity index (χ0n) is 18.3. The Kier molecular flexibility index (Phi) is 7.07. The molecule has 0 aliphatic carbocycles. The fourth-order valence-corrected chi connectivity index (χ4v) is 2.91. The summed E-state index contributed by atoms with van der Waals surface area (Å²) in [7, 11) is 1.68. The molecule has 3 aromatic rings. The van der Waals surface area contributed by atoms with E-state index in [1.54, 1.807) is 60.5 Å². The highest BCUT2D eigenvalue weighted by atomic mass is 19.4.